The third-order valence-corrected chi connectivity index (χ3v) is 8.15. The SMILES string of the molecule is CN(C)S(=O)(=O)N1CCOc2ccc([C@@H](O)CNCCOc3ccc4c(c3)[nH]c3ccccc34)cc21. The van der Waals surface area contributed by atoms with Crippen LogP contribution in [0.3, 0.4) is 0 Å². The Balaban J connectivity index is 1.17. The first kappa shape index (κ1) is 24.4. The smallest absolute Gasteiger partial charge is 0.303 e. The van der Waals surface area contributed by atoms with Crippen LogP contribution in [-0.4, -0.2) is 69.8 Å². The Morgan fingerprint density at radius 3 is 2.75 bits per heavy atom. The van der Waals surface area contributed by atoms with Crippen molar-refractivity contribution in [2.75, 3.05) is 51.2 Å². The van der Waals surface area contributed by atoms with E-state index < -0.39 is 16.3 Å². The van der Waals surface area contributed by atoms with Crippen LogP contribution in [0, 0.1) is 0 Å². The molecule has 1 atom stereocenters. The third-order valence-electron chi connectivity index (χ3n) is 6.29. The normalized spacial score (nSPS) is 14.7. The monoisotopic (exact) mass is 510 g/mol. The molecule has 36 heavy (non-hydrogen) atoms. The Bertz CT molecular complexity index is 1480. The van der Waals surface area contributed by atoms with Crippen LogP contribution in [0.25, 0.3) is 21.8 Å². The van der Waals surface area contributed by atoms with Crippen molar-refractivity contribution in [3.05, 3.63) is 66.2 Å². The number of fused-ring (bicyclic) bond motifs is 4. The molecule has 1 aromatic heterocycles. The van der Waals surface area contributed by atoms with Crippen molar-refractivity contribution in [1.82, 2.24) is 14.6 Å². The van der Waals surface area contributed by atoms with Crippen molar-refractivity contribution in [1.29, 1.82) is 0 Å². The first-order valence-corrected chi connectivity index (χ1v) is 13.2. The van der Waals surface area contributed by atoms with Crippen LogP contribution in [-0.2, 0) is 10.2 Å². The highest BCUT2D eigenvalue weighted by molar-refractivity contribution is 7.90. The van der Waals surface area contributed by atoms with Crippen molar-refractivity contribution in [2.45, 2.75) is 6.10 Å². The third kappa shape index (κ3) is 4.72. The lowest BCUT2D eigenvalue weighted by molar-refractivity contribution is 0.172. The molecule has 190 valence electrons. The number of nitrogens with zero attached hydrogens (tertiary/aromatic N) is 2. The Hall–Kier alpha value is -3.31. The maximum atomic E-state index is 12.7. The van der Waals surface area contributed by atoms with Gasteiger partial charge in [0, 0.05) is 49.5 Å². The lowest BCUT2D eigenvalue weighted by atomic mass is 10.1. The predicted octanol–water partition coefficient (Wildman–Crippen LogP) is 3.03. The number of ether oxygens (including phenoxy) is 2. The Morgan fingerprint density at radius 2 is 1.92 bits per heavy atom. The molecule has 3 aromatic carbocycles. The van der Waals surface area contributed by atoms with E-state index in [-0.39, 0.29) is 13.2 Å². The topological polar surface area (TPSA) is 107 Å². The number of aromatic amines is 1. The van der Waals surface area contributed by atoms with E-state index in [0.29, 0.717) is 36.7 Å². The summed E-state index contributed by atoms with van der Waals surface area (Å²) in [6.45, 7) is 1.76. The van der Waals surface area contributed by atoms with Crippen molar-refractivity contribution < 1.29 is 23.0 Å². The highest BCUT2D eigenvalue weighted by Crippen LogP contribution is 2.36. The molecule has 0 spiro atoms. The van der Waals surface area contributed by atoms with Crippen LogP contribution in [0.4, 0.5) is 5.69 Å². The first-order valence-electron chi connectivity index (χ1n) is 11.8. The van der Waals surface area contributed by atoms with Gasteiger partial charge in [-0.3, -0.25) is 4.31 Å². The number of rotatable bonds is 9. The van der Waals surface area contributed by atoms with Gasteiger partial charge in [0.15, 0.2) is 0 Å². The molecule has 0 fully saturated rings. The lowest BCUT2D eigenvalue weighted by Crippen LogP contribution is -2.44. The molecule has 1 aliphatic rings. The van der Waals surface area contributed by atoms with Crippen molar-refractivity contribution >= 4 is 37.7 Å². The number of hydrogen-bond acceptors (Lipinski definition) is 6. The van der Waals surface area contributed by atoms with E-state index in [4.69, 9.17) is 9.47 Å². The van der Waals surface area contributed by atoms with Crippen molar-refractivity contribution in [3.8, 4) is 11.5 Å². The van der Waals surface area contributed by atoms with Crippen LogP contribution >= 0.6 is 0 Å². The number of aliphatic hydroxyl groups is 1. The molecule has 0 unspecified atom stereocenters. The summed E-state index contributed by atoms with van der Waals surface area (Å²) in [5.74, 6) is 1.25. The summed E-state index contributed by atoms with van der Waals surface area (Å²) >= 11 is 0. The summed E-state index contributed by atoms with van der Waals surface area (Å²) < 4.78 is 39.4. The summed E-state index contributed by atoms with van der Waals surface area (Å²) in [6.07, 6.45) is -0.816. The van der Waals surface area contributed by atoms with Crippen LogP contribution in [0.1, 0.15) is 11.7 Å². The highest BCUT2D eigenvalue weighted by atomic mass is 32.2. The van der Waals surface area contributed by atoms with E-state index >= 15 is 0 Å². The summed E-state index contributed by atoms with van der Waals surface area (Å²) in [5.41, 5.74) is 3.16. The number of para-hydroxylation sites is 1. The largest absolute Gasteiger partial charge is 0.492 e. The molecular weight excluding hydrogens is 480 g/mol. The van der Waals surface area contributed by atoms with Crippen LogP contribution in [0.15, 0.2) is 60.7 Å². The van der Waals surface area contributed by atoms with Crippen LogP contribution < -0.4 is 19.1 Å². The fraction of sp³-hybridized carbons (Fsp3) is 0.308. The molecule has 3 N–H and O–H groups in total. The summed E-state index contributed by atoms with van der Waals surface area (Å²) in [4.78, 5) is 3.41. The summed E-state index contributed by atoms with van der Waals surface area (Å²) in [7, 11) is -0.671. The lowest BCUT2D eigenvalue weighted by Gasteiger charge is -2.32. The number of anilines is 1. The Labute approximate surface area is 210 Å². The van der Waals surface area contributed by atoms with Gasteiger partial charge in [0.2, 0.25) is 0 Å². The van der Waals surface area contributed by atoms with Gasteiger partial charge in [-0.05, 0) is 35.9 Å². The van der Waals surface area contributed by atoms with E-state index in [0.717, 1.165) is 22.2 Å². The molecular formula is C26H30N4O5S. The maximum Gasteiger partial charge on any atom is 0.303 e. The van der Waals surface area contributed by atoms with Gasteiger partial charge < -0.3 is 24.9 Å². The van der Waals surface area contributed by atoms with Gasteiger partial charge in [0.1, 0.15) is 24.7 Å². The minimum atomic E-state index is -3.66. The number of benzene rings is 3. The Morgan fingerprint density at radius 1 is 1.11 bits per heavy atom. The average Bonchev–Trinajstić information content (AvgIpc) is 3.25. The first-order chi connectivity index (χ1) is 17.3. The second-order valence-corrected chi connectivity index (χ2v) is 11.0. The van der Waals surface area contributed by atoms with E-state index in [1.54, 1.807) is 18.2 Å². The molecule has 9 nitrogen and oxygen atoms in total. The molecule has 0 aliphatic carbocycles. The fourth-order valence-electron chi connectivity index (χ4n) is 4.38. The van der Waals surface area contributed by atoms with Crippen LogP contribution in [0.2, 0.25) is 0 Å². The van der Waals surface area contributed by atoms with E-state index in [2.05, 4.69) is 28.5 Å². The van der Waals surface area contributed by atoms with Gasteiger partial charge in [-0.25, -0.2) is 0 Å². The molecule has 4 aromatic rings. The van der Waals surface area contributed by atoms with Gasteiger partial charge in [-0.15, -0.1) is 0 Å². The van der Waals surface area contributed by atoms with E-state index in [1.165, 1.54) is 28.1 Å². The molecule has 1 aliphatic heterocycles. The minimum Gasteiger partial charge on any atom is -0.492 e. The molecule has 2 heterocycles. The maximum absolute atomic E-state index is 12.7. The molecule has 10 heteroatoms. The number of aliphatic hydroxyl groups excluding tert-OH is 1. The molecule has 0 saturated heterocycles. The summed E-state index contributed by atoms with van der Waals surface area (Å²) in [5, 5.41) is 16.2. The van der Waals surface area contributed by atoms with Crippen LogP contribution in [0.5, 0.6) is 11.5 Å². The van der Waals surface area contributed by atoms with Gasteiger partial charge >= 0.3 is 10.2 Å². The van der Waals surface area contributed by atoms with Gasteiger partial charge in [-0.2, -0.15) is 12.7 Å². The number of hydrogen-bond donors (Lipinski definition) is 3. The minimum absolute atomic E-state index is 0.215. The molecule has 0 radical (unpaired) electrons. The quantitative estimate of drug-likeness (QED) is 0.299. The van der Waals surface area contributed by atoms with Gasteiger partial charge in [0.25, 0.3) is 0 Å². The highest BCUT2D eigenvalue weighted by Gasteiger charge is 2.31. The zero-order chi connectivity index (χ0) is 25.3. The van der Waals surface area contributed by atoms with Gasteiger partial charge in [-0.1, -0.05) is 24.3 Å². The van der Waals surface area contributed by atoms with Gasteiger partial charge in [0.05, 0.1) is 23.9 Å². The number of H-pyrrole nitrogens is 1. The zero-order valence-electron chi connectivity index (χ0n) is 20.3. The number of aromatic nitrogens is 1. The fourth-order valence-corrected chi connectivity index (χ4v) is 5.47. The van der Waals surface area contributed by atoms with Crippen molar-refractivity contribution in [2.24, 2.45) is 0 Å². The molecule has 5 rings (SSSR count). The average molecular weight is 511 g/mol. The summed E-state index contributed by atoms with van der Waals surface area (Å²) in [6, 6.07) is 19.3. The second kappa shape index (κ2) is 9.98. The second-order valence-electron chi connectivity index (χ2n) is 8.88. The zero-order valence-corrected chi connectivity index (χ0v) is 21.1. The Kier molecular flexibility index (Phi) is 6.76. The van der Waals surface area contributed by atoms with Crippen molar-refractivity contribution in [3.63, 3.8) is 0 Å². The molecule has 0 amide bonds. The van der Waals surface area contributed by atoms with E-state index in [1.807, 2.05) is 24.3 Å². The molecule has 0 saturated carbocycles. The predicted molar refractivity (Wildman–Crippen MR) is 141 cm³/mol. The standard InChI is InChI=1S/C26H30N4O5S/c1-29(2)36(32,33)30-12-14-35-26-10-7-18(15-24(26)30)25(31)17-27-11-13-34-19-8-9-21-20-5-3-4-6-22(20)28-23(21)16-19/h3-10,15-16,25,27-28,31H,11-14,17H2,1-2H3/t25-/m0/s1. The molecule has 0 bridgehead atoms. The van der Waals surface area contributed by atoms with E-state index in [9.17, 15) is 13.5 Å². The number of nitrogens with one attached hydrogen (secondary N) is 2.